The van der Waals surface area contributed by atoms with Crippen molar-refractivity contribution in [3.63, 3.8) is 0 Å². The lowest BCUT2D eigenvalue weighted by molar-refractivity contribution is 0.0979. The van der Waals surface area contributed by atoms with Crippen LogP contribution in [0.5, 0.6) is 0 Å². The van der Waals surface area contributed by atoms with Gasteiger partial charge in [-0.05, 0) is 36.4 Å². The fourth-order valence-corrected chi connectivity index (χ4v) is 4.30. The predicted molar refractivity (Wildman–Crippen MR) is 120 cm³/mol. The number of rotatable bonds is 2. The molecule has 1 aromatic heterocycles. The number of imidazole rings is 1. The molecule has 0 bridgehead atoms. The lowest BCUT2D eigenvalue weighted by atomic mass is 9.83. The quantitative estimate of drug-likeness (QED) is 0.387. The second-order valence-corrected chi connectivity index (χ2v) is 7.56. The molecular weight excluding hydrogens is 384 g/mol. The van der Waals surface area contributed by atoms with E-state index in [2.05, 4.69) is 4.57 Å². The van der Waals surface area contributed by atoms with Crippen molar-refractivity contribution in [3.8, 4) is 17.1 Å². The van der Waals surface area contributed by atoms with E-state index < -0.39 is 0 Å². The van der Waals surface area contributed by atoms with Crippen LogP contribution in [0.4, 0.5) is 0 Å². The Labute approximate surface area is 178 Å². The van der Waals surface area contributed by atoms with Gasteiger partial charge < -0.3 is 0 Å². The average molecular weight is 400 g/mol. The number of carbonyl (C=O) groups excluding carboxylic acids is 2. The highest BCUT2D eigenvalue weighted by Gasteiger charge is 2.30. The molecule has 4 nitrogen and oxygen atoms in total. The van der Waals surface area contributed by atoms with Crippen molar-refractivity contribution in [1.82, 2.24) is 9.55 Å². The van der Waals surface area contributed by atoms with Gasteiger partial charge in [-0.3, -0.25) is 14.2 Å². The summed E-state index contributed by atoms with van der Waals surface area (Å²) in [6, 6.07) is 30.4. The molecule has 0 atom stereocenters. The normalized spacial score (nSPS) is 12.6. The molecule has 0 N–H and O–H groups in total. The summed E-state index contributed by atoms with van der Waals surface area (Å²) in [7, 11) is 0. The number of carbonyl (C=O) groups is 2. The molecule has 31 heavy (non-hydrogen) atoms. The zero-order valence-corrected chi connectivity index (χ0v) is 16.4. The van der Waals surface area contributed by atoms with Crippen molar-refractivity contribution < 1.29 is 9.59 Å². The van der Waals surface area contributed by atoms with Gasteiger partial charge in [-0.2, -0.15) is 0 Å². The fourth-order valence-electron chi connectivity index (χ4n) is 4.30. The molecule has 0 spiro atoms. The van der Waals surface area contributed by atoms with Gasteiger partial charge in [-0.1, -0.05) is 60.7 Å². The molecule has 146 valence electrons. The summed E-state index contributed by atoms with van der Waals surface area (Å²) >= 11 is 0. The molecule has 0 amide bonds. The topological polar surface area (TPSA) is 52.0 Å². The molecule has 5 aromatic rings. The minimum absolute atomic E-state index is 0.117. The third-order valence-corrected chi connectivity index (χ3v) is 5.76. The molecule has 4 aromatic carbocycles. The van der Waals surface area contributed by atoms with Gasteiger partial charge in [0.2, 0.25) is 0 Å². The van der Waals surface area contributed by atoms with Crippen LogP contribution >= 0.6 is 0 Å². The van der Waals surface area contributed by atoms with Gasteiger partial charge in [0.05, 0.1) is 11.0 Å². The Bertz CT molecular complexity index is 1510. The van der Waals surface area contributed by atoms with Crippen LogP contribution in [-0.2, 0) is 0 Å². The molecule has 0 radical (unpaired) electrons. The first-order chi connectivity index (χ1) is 15.2. The van der Waals surface area contributed by atoms with Gasteiger partial charge in [0, 0.05) is 33.5 Å². The van der Waals surface area contributed by atoms with E-state index >= 15 is 0 Å². The van der Waals surface area contributed by atoms with E-state index in [1.807, 2.05) is 60.7 Å². The third kappa shape index (κ3) is 2.58. The molecule has 6 rings (SSSR count). The highest BCUT2D eigenvalue weighted by atomic mass is 16.1. The summed E-state index contributed by atoms with van der Waals surface area (Å²) in [6.07, 6.45) is 0. The molecule has 0 saturated carbocycles. The Kier molecular flexibility index (Phi) is 3.74. The molecule has 4 heteroatoms. The zero-order chi connectivity index (χ0) is 20.9. The Morgan fingerprint density at radius 2 is 1.19 bits per heavy atom. The first-order valence-corrected chi connectivity index (χ1v) is 10.1. The Morgan fingerprint density at radius 1 is 0.581 bits per heavy atom. The van der Waals surface area contributed by atoms with Crippen LogP contribution in [0.1, 0.15) is 31.8 Å². The summed E-state index contributed by atoms with van der Waals surface area (Å²) in [6.45, 7) is 0. The van der Waals surface area contributed by atoms with E-state index in [0.717, 1.165) is 28.1 Å². The number of aromatic nitrogens is 2. The summed E-state index contributed by atoms with van der Waals surface area (Å²) in [4.78, 5) is 31.0. The van der Waals surface area contributed by atoms with Gasteiger partial charge in [0.1, 0.15) is 5.82 Å². The smallest absolute Gasteiger partial charge is 0.194 e. The van der Waals surface area contributed by atoms with Crippen molar-refractivity contribution in [2.45, 2.75) is 0 Å². The number of nitrogens with zero attached hydrogens (tertiary/aromatic N) is 2. The Morgan fingerprint density at radius 3 is 1.97 bits per heavy atom. The van der Waals surface area contributed by atoms with Crippen LogP contribution < -0.4 is 0 Å². The first-order valence-electron chi connectivity index (χ1n) is 10.1. The SMILES string of the molecule is O=C1c2ccccc2C(=O)c2cc(-c3nc4ccccc4n3-c3ccccc3)ccc21. The van der Waals surface area contributed by atoms with Crippen LogP contribution in [0, 0.1) is 0 Å². The van der Waals surface area contributed by atoms with E-state index in [0.29, 0.717) is 22.3 Å². The summed E-state index contributed by atoms with van der Waals surface area (Å²) in [5, 5.41) is 0. The maximum absolute atomic E-state index is 13.2. The van der Waals surface area contributed by atoms with Crippen LogP contribution in [0.15, 0.2) is 97.1 Å². The second kappa shape index (κ2) is 6.61. The maximum atomic E-state index is 13.2. The van der Waals surface area contributed by atoms with E-state index in [1.165, 1.54) is 0 Å². The van der Waals surface area contributed by atoms with Crippen molar-refractivity contribution in [3.05, 3.63) is 119 Å². The fraction of sp³-hybridized carbons (Fsp3) is 0. The zero-order valence-electron chi connectivity index (χ0n) is 16.4. The highest BCUT2D eigenvalue weighted by Crippen LogP contribution is 2.33. The second-order valence-electron chi connectivity index (χ2n) is 7.56. The van der Waals surface area contributed by atoms with Crippen molar-refractivity contribution in [2.24, 2.45) is 0 Å². The van der Waals surface area contributed by atoms with Crippen molar-refractivity contribution >= 4 is 22.6 Å². The number of hydrogen-bond acceptors (Lipinski definition) is 3. The minimum atomic E-state index is -0.130. The number of benzene rings is 4. The number of hydrogen-bond donors (Lipinski definition) is 0. The van der Waals surface area contributed by atoms with Gasteiger partial charge in [0.25, 0.3) is 0 Å². The highest BCUT2D eigenvalue weighted by molar-refractivity contribution is 6.28. The molecule has 0 unspecified atom stereocenters. The average Bonchev–Trinajstić information content (AvgIpc) is 3.22. The van der Waals surface area contributed by atoms with Crippen molar-refractivity contribution in [2.75, 3.05) is 0 Å². The Balaban J connectivity index is 1.59. The van der Waals surface area contributed by atoms with Gasteiger partial charge in [-0.25, -0.2) is 4.98 Å². The van der Waals surface area contributed by atoms with E-state index in [4.69, 9.17) is 4.98 Å². The molecule has 0 fully saturated rings. The summed E-state index contributed by atoms with van der Waals surface area (Å²) in [5.41, 5.74) is 5.40. The molecule has 0 saturated heterocycles. The van der Waals surface area contributed by atoms with Gasteiger partial charge in [0.15, 0.2) is 11.6 Å². The lowest BCUT2D eigenvalue weighted by Gasteiger charge is -2.18. The van der Waals surface area contributed by atoms with Crippen LogP contribution in [0.3, 0.4) is 0 Å². The monoisotopic (exact) mass is 400 g/mol. The van der Waals surface area contributed by atoms with Crippen LogP contribution in [0.2, 0.25) is 0 Å². The lowest BCUT2D eigenvalue weighted by Crippen LogP contribution is -2.20. The number of para-hydroxylation sites is 3. The van der Waals surface area contributed by atoms with Gasteiger partial charge in [-0.15, -0.1) is 0 Å². The maximum Gasteiger partial charge on any atom is 0.194 e. The largest absolute Gasteiger partial charge is 0.292 e. The van der Waals surface area contributed by atoms with Crippen LogP contribution in [-0.4, -0.2) is 21.1 Å². The number of fused-ring (bicyclic) bond motifs is 3. The molecular formula is C27H16N2O2. The first kappa shape index (κ1) is 17.5. The van der Waals surface area contributed by atoms with Crippen molar-refractivity contribution in [1.29, 1.82) is 0 Å². The number of ketones is 2. The molecule has 0 aliphatic heterocycles. The molecule has 1 heterocycles. The minimum Gasteiger partial charge on any atom is -0.292 e. The molecule has 1 aliphatic rings. The van der Waals surface area contributed by atoms with E-state index in [1.54, 1.807) is 36.4 Å². The van der Waals surface area contributed by atoms with E-state index in [-0.39, 0.29) is 11.6 Å². The van der Waals surface area contributed by atoms with E-state index in [9.17, 15) is 9.59 Å². The van der Waals surface area contributed by atoms with Gasteiger partial charge >= 0.3 is 0 Å². The summed E-state index contributed by atoms with van der Waals surface area (Å²) in [5.74, 6) is 0.483. The summed E-state index contributed by atoms with van der Waals surface area (Å²) < 4.78 is 2.08. The predicted octanol–water partition coefficient (Wildman–Crippen LogP) is 5.47. The molecule has 1 aliphatic carbocycles. The van der Waals surface area contributed by atoms with Crippen LogP contribution in [0.25, 0.3) is 28.1 Å². The third-order valence-electron chi connectivity index (χ3n) is 5.76. The standard InChI is InChI=1S/C27H16N2O2/c30-25-19-10-4-5-11-20(19)26(31)22-16-17(14-15-21(22)25)27-28-23-12-6-7-13-24(23)29(27)18-8-2-1-3-9-18/h1-16H. The Hall–Kier alpha value is -4.31.